The van der Waals surface area contributed by atoms with Gasteiger partial charge in [0.05, 0.1) is 24.3 Å². The number of hydrogen-bond donors (Lipinski definition) is 1. The molecule has 0 aliphatic carbocycles. The fraction of sp³-hybridized carbons (Fsp3) is 0.355. The average Bonchev–Trinajstić information content (AvgIpc) is 2.97. The number of amides is 2. The van der Waals surface area contributed by atoms with Crippen molar-refractivity contribution in [3.63, 3.8) is 0 Å². The lowest BCUT2D eigenvalue weighted by atomic mass is 10.1. The maximum absolute atomic E-state index is 14.1. The highest BCUT2D eigenvalue weighted by Gasteiger charge is 2.34. The van der Waals surface area contributed by atoms with Gasteiger partial charge in [0, 0.05) is 18.1 Å². The quantitative estimate of drug-likeness (QED) is 0.270. The van der Waals surface area contributed by atoms with Gasteiger partial charge in [-0.25, -0.2) is 8.42 Å². The number of benzene rings is 3. The number of carbonyl (C=O) groups is 2. The Hall–Kier alpha value is -3.76. The summed E-state index contributed by atoms with van der Waals surface area (Å²) in [4.78, 5) is 28.6. The number of para-hydroxylation sites is 2. The van der Waals surface area contributed by atoms with Crippen molar-refractivity contribution in [2.75, 3.05) is 31.1 Å². The average molecular weight is 616 g/mol. The molecule has 0 spiro atoms. The van der Waals surface area contributed by atoms with E-state index in [0.717, 1.165) is 4.31 Å². The van der Waals surface area contributed by atoms with Crippen molar-refractivity contribution in [2.24, 2.45) is 5.92 Å². The number of anilines is 1. The number of carbonyl (C=O) groups excluding carboxylic acids is 2. The lowest BCUT2D eigenvalue weighted by Crippen LogP contribution is -2.51. The summed E-state index contributed by atoms with van der Waals surface area (Å²) in [5.41, 5.74) is 0.911. The smallest absolute Gasteiger partial charge is 0.264 e. The summed E-state index contributed by atoms with van der Waals surface area (Å²) in [5.74, 6) is 0.177. The molecule has 0 heterocycles. The summed E-state index contributed by atoms with van der Waals surface area (Å²) in [6.45, 7) is 7.54. The van der Waals surface area contributed by atoms with Crippen LogP contribution in [0.5, 0.6) is 11.5 Å². The molecule has 42 heavy (non-hydrogen) atoms. The summed E-state index contributed by atoms with van der Waals surface area (Å²) in [7, 11) is -2.72. The SMILES string of the molecule is CCOc1ccccc1N(CC(=O)N(Cc1cccc(OC)c1)[C@@H](C)C(=O)NCC(C)C)S(=O)(=O)c1ccc(Cl)cc1. The highest BCUT2D eigenvalue weighted by molar-refractivity contribution is 7.92. The summed E-state index contributed by atoms with van der Waals surface area (Å²) >= 11 is 6.02. The van der Waals surface area contributed by atoms with Crippen molar-refractivity contribution in [1.29, 1.82) is 0 Å². The van der Waals surface area contributed by atoms with E-state index in [1.54, 1.807) is 63.4 Å². The topological polar surface area (TPSA) is 105 Å². The predicted octanol–water partition coefficient (Wildman–Crippen LogP) is 5.13. The summed E-state index contributed by atoms with van der Waals surface area (Å²) in [6.07, 6.45) is 0. The van der Waals surface area contributed by atoms with Crippen LogP contribution in [0.4, 0.5) is 5.69 Å². The first-order valence-corrected chi connectivity index (χ1v) is 15.5. The standard InChI is InChI=1S/C31H38ClN3O6S/c1-6-41-29-13-8-7-12-28(29)35(42(38,39)27-16-14-25(32)15-17-27)21-30(36)34(23(4)31(37)33-19-22(2)3)20-24-10-9-11-26(18-24)40-5/h7-18,22-23H,6,19-21H2,1-5H3,(H,33,37)/t23-/m0/s1. The van der Waals surface area contributed by atoms with Crippen molar-refractivity contribution in [2.45, 2.75) is 45.2 Å². The Morgan fingerprint density at radius 3 is 2.31 bits per heavy atom. The molecule has 0 saturated heterocycles. The molecule has 0 unspecified atom stereocenters. The van der Waals surface area contributed by atoms with Gasteiger partial charge in [0.1, 0.15) is 24.1 Å². The fourth-order valence-corrected chi connectivity index (χ4v) is 5.74. The maximum atomic E-state index is 14.1. The molecule has 0 fully saturated rings. The third-order valence-electron chi connectivity index (χ3n) is 6.45. The molecule has 11 heteroatoms. The molecule has 1 N–H and O–H groups in total. The second-order valence-corrected chi connectivity index (χ2v) is 12.4. The first kappa shape index (κ1) is 32.8. The Balaban J connectivity index is 2.07. The van der Waals surface area contributed by atoms with Crippen molar-refractivity contribution in [1.82, 2.24) is 10.2 Å². The van der Waals surface area contributed by atoms with E-state index in [9.17, 15) is 18.0 Å². The molecule has 3 rings (SSSR count). The van der Waals surface area contributed by atoms with Crippen LogP contribution in [-0.2, 0) is 26.2 Å². The molecular formula is C31H38ClN3O6S. The zero-order valence-corrected chi connectivity index (χ0v) is 26.1. The lowest BCUT2D eigenvalue weighted by Gasteiger charge is -2.32. The first-order valence-electron chi connectivity index (χ1n) is 13.7. The van der Waals surface area contributed by atoms with Crippen molar-refractivity contribution in [3.05, 3.63) is 83.4 Å². The van der Waals surface area contributed by atoms with E-state index < -0.39 is 28.5 Å². The second-order valence-electron chi connectivity index (χ2n) is 10.1. The molecule has 0 radical (unpaired) electrons. The minimum atomic E-state index is -4.26. The van der Waals surface area contributed by atoms with Gasteiger partial charge >= 0.3 is 0 Å². The number of sulfonamides is 1. The van der Waals surface area contributed by atoms with Crippen LogP contribution in [0.15, 0.2) is 77.7 Å². The number of methoxy groups -OCH3 is 1. The van der Waals surface area contributed by atoms with Crippen molar-refractivity contribution >= 4 is 39.1 Å². The zero-order chi connectivity index (χ0) is 30.9. The Morgan fingerprint density at radius 2 is 1.67 bits per heavy atom. The second kappa shape index (κ2) is 14.9. The van der Waals surface area contributed by atoms with Crippen LogP contribution >= 0.6 is 11.6 Å². The largest absolute Gasteiger partial charge is 0.497 e. The molecule has 226 valence electrons. The maximum Gasteiger partial charge on any atom is 0.264 e. The summed E-state index contributed by atoms with van der Waals surface area (Å²) in [5, 5.41) is 3.25. The molecular weight excluding hydrogens is 578 g/mol. The number of nitrogens with zero attached hydrogens (tertiary/aromatic N) is 2. The summed E-state index contributed by atoms with van der Waals surface area (Å²) in [6, 6.07) is 18.6. The lowest BCUT2D eigenvalue weighted by molar-refractivity contribution is -0.139. The molecule has 9 nitrogen and oxygen atoms in total. The molecule has 0 saturated carbocycles. The van der Waals surface area contributed by atoms with Crippen LogP contribution in [0.25, 0.3) is 0 Å². The van der Waals surface area contributed by atoms with Gasteiger partial charge < -0.3 is 19.7 Å². The Kier molecular flexibility index (Phi) is 11.6. The van der Waals surface area contributed by atoms with E-state index in [-0.39, 0.29) is 35.6 Å². The van der Waals surface area contributed by atoms with Crippen LogP contribution in [0.2, 0.25) is 5.02 Å². The summed E-state index contributed by atoms with van der Waals surface area (Å²) < 4.78 is 40.2. The van der Waals surface area contributed by atoms with E-state index in [0.29, 0.717) is 28.6 Å². The van der Waals surface area contributed by atoms with Crippen LogP contribution in [0.1, 0.15) is 33.3 Å². The Bertz CT molecular complexity index is 1460. The number of ether oxygens (including phenoxy) is 2. The zero-order valence-electron chi connectivity index (χ0n) is 24.5. The molecule has 0 aromatic heterocycles. The molecule has 1 atom stereocenters. The van der Waals surface area contributed by atoms with Gasteiger partial charge in [-0.3, -0.25) is 13.9 Å². The van der Waals surface area contributed by atoms with Crippen molar-refractivity contribution < 1.29 is 27.5 Å². The molecule has 2 amide bonds. The first-order chi connectivity index (χ1) is 20.0. The normalized spacial score (nSPS) is 12.0. The van der Waals surface area contributed by atoms with Gasteiger partial charge in [-0.15, -0.1) is 0 Å². The number of hydrogen-bond acceptors (Lipinski definition) is 6. The van der Waals surface area contributed by atoms with Gasteiger partial charge in [-0.05, 0) is 73.9 Å². The van der Waals surface area contributed by atoms with Gasteiger partial charge in [-0.2, -0.15) is 0 Å². The van der Waals surface area contributed by atoms with Crippen LogP contribution < -0.4 is 19.1 Å². The monoisotopic (exact) mass is 615 g/mol. The van der Waals surface area contributed by atoms with Crippen LogP contribution in [0, 0.1) is 5.92 Å². The third-order valence-corrected chi connectivity index (χ3v) is 8.48. The van der Waals surface area contributed by atoms with E-state index in [1.807, 2.05) is 19.9 Å². The van der Waals surface area contributed by atoms with E-state index in [4.69, 9.17) is 21.1 Å². The Morgan fingerprint density at radius 1 is 0.976 bits per heavy atom. The van der Waals surface area contributed by atoms with E-state index in [2.05, 4.69) is 5.32 Å². The predicted molar refractivity (Wildman–Crippen MR) is 164 cm³/mol. The highest BCUT2D eigenvalue weighted by Crippen LogP contribution is 2.33. The third kappa shape index (κ3) is 8.39. The number of nitrogens with one attached hydrogen (secondary N) is 1. The van der Waals surface area contributed by atoms with Gasteiger partial charge in [0.25, 0.3) is 10.0 Å². The van der Waals surface area contributed by atoms with Gasteiger partial charge in [0.15, 0.2) is 0 Å². The minimum absolute atomic E-state index is 0.0481. The minimum Gasteiger partial charge on any atom is -0.497 e. The fourth-order valence-electron chi connectivity index (χ4n) is 4.19. The molecule has 0 aliphatic rings. The molecule has 3 aromatic rings. The number of halogens is 1. The molecule has 0 aliphatic heterocycles. The van der Waals surface area contributed by atoms with E-state index >= 15 is 0 Å². The van der Waals surface area contributed by atoms with Crippen LogP contribution in [-0.4, -0.2) is 58.0 Å². The molecule has 3 aromatic carbocycles. The Labute approximate surface area is 253 Å². The van der Waals surface area contributed by atoms with Crippen LogP contribution in [0.3, 0.4) is 0 Å². The molecule has 0 bridgehead atoms. The van der Waals surface area contributed by atoms with E-state index in [1.165, 1.54) is 29.2 Å². The van der Waals surface area contributed by atoms with Gasteiger partial charge in [-0.1, -0.05) is 49.7 Å². The number of rotatable bonds is 14. The highest BCUT2D eigenvalue weighted by atomic mass is 35.5. The van der Waals surface area contributed by atoms with Crippen molar-refractivity contribution in [3.8, 4) is 11.5 Å². The van der Waals surface area contributed by atoms with Gasteiger partial charge in [0.2, 0.25) is 11.8 Å².